The van der Waals surface area contributed by atoms with E-state index in [1.807, 2.05) is 0 Å². The average molecular weight is 337 g/mol. The Labute approximate surface area is 152 Å². The highest BCUT2D eigenvalue weighted by molar-refractivity contribution is 4.95. The van der Waals surface area contributed by atoms with Gasteiger partial charge in [-0.05, 0) is 19.8 Å². The van der Waals surface area contributed by atoms with Gasteiger partial charge in [0.15, 0.2) is 0 Å². The third-order valence-electron chi connectivity index (χ3n) is 5.45. The summed E-state index contributed by atoms with van der Waals surface area (Å²) >= 11 is 0. The van der Waals surface area contributed by atoms with E-state index >= 15 is 0 Å². The lowest BCUT2D eigenvalue weighted by Crippen LogP contribution is -2.36. The van der Waals surface area contributed by atoms with Crippen LogP contribution >= 0.6 is 0 Å². The molecule has 142 valence electrons. The molecule has 1 unspecified atom stereocenters. The molecular weight excluding hydrogens is 292 g/mol. The number of unbranched alkanes of at least 4 members (excludes halogenated alkanes) is 12. The summed E-state index contributed by atoms with van der Waals surface area (Å²) in [6, 6.07) is 0. The Hall–Kier alpha value is -0.660. The molecule has 0 aromatic rings. The molecule has 1 aliphatic rings. The van der Waals surface area contributed by atoms with Crippen LogP contribution in [0.3, 0.4) is 0 Å². The van der Waals surface area contributed by atoms with Gasteiger partial charge in [-0.15, -0.1) is 0 Å². The van der Waals surface area contributed by atoms with Gasteiger partial charge in [0, 0.05) is 25.5 Å². The first-order valence-electron chi connectivity index (χ1n) is 11.0. The van der Waals surface area contributed by atoms with Crippen LogP contribution in [0.2, 0.25) is 0 Å². The van der Waals surface area contributed by atoms with Crippen molar-refractivity contribution in [1.29, 1.82) is 0 Å². The molecular formula is C22H44N2. The largest absolute Gasteiger partial charge is 0.356 e. The summed E-state index contributed by atoms with van der Waals surface area (Å²) in [6.45, 7) is 9.36. The van der Waals surface area contributed by atoms with E-state index in [9.17, 15) is 0 Å². The minimum Gasteiger partial charge on any atom is -0.356 e. The Kier molecular flexibility index (Phi) is 13.1. The lowest BCUT2D eigenvalue weighted by molar-refractivity contribution is 0.166. The van der Waals surface area contributed by atoms with Gasteiger partial charge in [0.2, 0.25) is 0 Å². The third kappa shape index (κ3) is 9.59. The molecule has 0 aromatic carbocycles. The summed E-state index contributed by atoms with van der Waals surface area (Å²) < 4.78 is 0. The predicted octanol–water partition coefficient (Wildman–Crippen LogP) is 6.92. The van der Waals surface area contributed by atoms with Gasteiger partial charge in [-0.3, -0.25) is 0 Å². The number of hydrogen-bond acceptors (Lipinski definition) is 2. The Bertz CT molecular complexity index is 300. The standard InChI is InChI=1S/C22H44N2/c1-4-6-8-9-10-11-12-13-14-15-16-17-19-24-21-20-23(22(24)3)18-7-5-2/h20-22H,4-19H2,1-3H3. The van der Waals surface area contributed by atoms with Crippen LogP contribution in [0.1, 0.15) is 111 Å². The van der Waals surface area contributed by atoms with Crippen molar-refractivity contribution in [2.45, 2.75) is 117 Å². The molecule has 1 atom stereocenters. The van der Waals surface area contributed by atoms with Crippen molar-refractivity contribution >= 4 is 0 Å². The summed E-state index contributed by atoms with van der Waals surface area (Å²) in [5.41, 5.74) is 0. The van der Waals surface area contributed by atoms with Crippen molar-refractivity contribution in [3.8, 4) is 0 Å². The van der Waals surface area contributed by atoms with Gasteiger partial charge in [-0.1, -0.05) is 90.9 Å². The highest BCUT2D eigenvalue weighted by atomic mass is 15.4. The highest BCUT2D eigenvalue weighted by Gasteiger charge is 2.20. The molecule has 0 saturated heterocycles. The van der Waals surface area contributed by atoms with Crippen molar-refractivity contribution in [2.75, 3.05) is 13.1 Å². The molecule has 24 heavy (non-hydrogen) atoms. The zero-order valence-corrected chi connectivity index (χ0v) is 16.9. The first-order chi connectivity index (χ1) is 11.8. The smallest absolute Gasteiger partial charge is 0.0977 e. The summed E-state index contributed by atoms with van der Waals surface area (Å²) in [5.74, 6) is 0. The third-order valence-corrected chi connectivity index (χ3v) is 5.45. The molecule has 0 saturated carbocycles. The molecule has 1 rings (SSSR count). The van der Waals surface area contributed by atoms with Crippen molar-refractivity contribution in [3.05, 3.63) is 12.4 Å². The highest BCUT2D eigenvalue weighted by Crippen LogP contribution is 2.18. The molecule has 0 amide bonds. The summed E-state index contributed by atoms with van der Waals surface area (Å²) in [6.07, 6.45) is 25.0. The quantitative estimate of drug-likeness (QED) is 0.282. The topological polar surface area (TPSA) is 6.48 Å². The zero-order chi connectivity index (χ0) is 17.5. The van der Waals surface area contributed by atoms with E-state index in [-0.39, 0.29) is 0 Å². The molecule has 0 bridgehead atoms. The minimum absolute atomic E-state index is 0.573. The maximum absolute atomic E-state index is 2.52. The van der Waals surface area contributed by atoms with Crippen molar-refractivity contribution in [1.82, 2.24) is 9.80 Å². The fourth-order valence-corrected chi connectivity index (χ4v) is 3.61. The number of rotatable bonds is 16. The van der Waals surface area contributed by atoms with Gasteiger partial charge in [-0.2, -0.15) is 0 Å². The molecule has 0 N–H and O–H groups in total. The second-order valence-corrected chi connectivity index (χ2v) is 7.65. The molecule has 0 fully saturated rings. The molecule has 0 aliphatic carbocycles. The first-order valence-corrected chi connectivity index (χ1v) is 11.0. The summed E-state index contributed by atoms with van der Waals surface area (Å²) in [4.78, 5) is 5.01. The molecule has 0 spiro atoms. The maximum Gasteiger partial charge on any atom is 0.0977 e. The number of nitrogens with zero attached hydrogens (tertiary/aromatic N) is 2. The van der Waals surface area contributed by atoms with E-state index in [1.165, 1.54) is 103 Å². The molecule has 2 heteroatoms. The van der Waals surface area contributed by atoms with Crippen LogP contribution in [-0.2, 0) is 0 Å². The Morgan fingerprint density at radius 1 is 0.542 bits per heavy atom. The van der Waals surface area contributed by atoms with Crippen LogP contribution in [-0.4, -0.2) is 29.1 Å². The van der Waals surface area contributed by atoms with Gasteiger partial charge in [0.05, 0.1) is 6.17 Å². The Morgan fingerprint density at radius 3 is 1.38 bits per heavy atom. The van der Waals surface area contributed by atoms with Gasteiger partial charge in [-0.25, -0.2) is 0 Å². The second kappa shape index (κ2) is 14.7. The van der Waals surface area contributed by atoms with Crippen molar-refractivity contribution < 1.29 is 0 Å². The SMILES string of the molecule is CCCCCCCCCCCCCCN1C=CN(CCCC)C1C. The molecule has 0 radical (unpaired) electrons. The average Bonchev–Trinajstić information content (AvgIpc) is 2.94. The van der Waals surface area contributed by atoms with E-state index in [2.05, 4.69) is 43.0 Å². The van der Waals surface area contributed by atoms with Crippen LogP contribution in [0, 0.1) is 0 Å². The first kappa shape index (κ1) is 21.4. The van der Waals surface area contributed by atoms with Gasteiger partial charge in [0.25, 0.3) is 0 Å². The lowest BCUT2D eigenvalue weighted by atomic mass is 10.1. The van der Waals surface area contributed by atoms with Crippen molar-refractivity contribution in [2.24, 2.45) is 0 Å². The fraction of sp³-hybridized carbons (Fsp3) is 0.909. The van der Waals surface area contributed by atoms with Crippen LogP contribution in [0.25, 0.3) is 0 Å². The number of hydrogen-bond donors (Lipinski definition) is 0. The Morgan fingerprint density at radius 2 is 0.917 bits per heavy atom. The van der Waals surface area contributed by atoms with E-state index in [0.29, 0.717) is 6.17 Å². The van der Waals surface area contributed by atoms with Gasteiger partial charge < -0.3 is 9.80 Å². The summed E-state index contributed by atoms with van der Waals surface area (Å²) in [5, 5.41) is 0. The van der Waals surface area contributed by atoms with Crippen LogP contribution in [0.4, 0.5) is 0 Å². The normalized spacial score (nSPS) is 17.2. The Balaban J connectivity index is 1.86. The zero-order valence-electron chi connectivity index (χ0n) is 16.9. The second-order valence-electron chi connectivity index (χ2n) is 7.65. The van der Waals surface area contributed by atoms with E-state index in [4.69, 9.17) is 0 Å². The predicted molar refractivity (Wildman–Crippen MR) is 108 cm³/mol. The van der Waals surface area contributed by atoms with Crippen LogP contribution in [0.15, 0.2) is 12.4 Å². The fourth-order valence-electron chi connectivity index (χ4n) is 3.61. The molecule has 2 nitrogen and oxygen atoms in total. The van der Waals surface area contributed by atoms with E-state index < -0.39 is 0 Å². The van der Waals surface area contributed by atoms with Crippen LogP contribution in [0.5, 0.6) is 0 Å². The molecule has 0 aromatic heterocycles. The molecule has 1 aliphatic heterocycles. The van der Waals surface area contributed by atoms with Gasteiger partial charge in [0.1, 0.15) is 0 Å². The maximum atomic E-state index is 2.52. The van der Waals surface area contributed by atoms with Gasteiger partial charge >= 0.3 is 0 Å². The summed E-state index contributed by atoms with van der Waals surface area (Å²) in [7, 11) is 0. The minimum atomic E-state index is 0.573. The van der Waals surface area contributed by atoms with E-state index in [1.54, 1.807) is 0 Å². The monoisotopic (exact) mass is 336 g/mol. The van der Waals surface area contributed by atoms with E-state index in [0.717, 1.165) is 0 Å². The molecule has 1 heterocycles. The van der Waals surface area contributed by atoms with Crippen LogP contribution < -0.4 is 0 Å². The lowest BCUT2D eigenvalue weighted by Gasteiger charge is -2.29. The van der Waals surface area contributed by atoms with Crippen molar-refractivity contribution in [3.63, 3.8) is 0 Å².